The highest BCUT2D eigenvalue weighted by Crippen LogP contribution is 2.06. The highest BCUT2D eigenvalue weighted by Gasteiger charge is 1.93. The molecule has 70 valence electrons. The molecule has 0 bridgehead atoms. The third-order valence-electron chi connectivity index (χ3n) is 1.32. The first-order chi connectivity index (χ1) is 6.38. The zero-order valence-electron chi connectivity index (χ0n) is 8.49. The molecule has 1 aromatic heterocycles. The van der Waals surface area contributed by atoms with E-state index >= 15 is 0 Å². The van der Waals surface area contributed by atoms with Gasteiger partial charge in [-0.1, -0.05) is 32.6 Å². The van der Waals surface area contributed by atoms with Crippen molar-refractivity contribution in [3.05, 3.63) is 36.2 Å². The lowest BCUT2D eigenvalue weighted by atomic mass is 10.2. The maximum atomic E-state index is 3.90. The number of aromatic nitrogens is 2. The average molecular weight is 176 g/mol. The minimum atomic E-state index is 0.825. The number of rotatable bonds is 2. The molecule has 0 saturated carbocycles. The van der Waals surface area contributed by atoms with Gasteiger partial charge in [0.05, 0.1) is 11.9 Å². The van der Waals surface area contributed by atoms with Crippen LogP contribution in [0.2, 0.25) is 0 Å². The van der Waals surface area contributed by atoms with Gasteiger partial charge in [-0.25, -0.2) is 0 Å². The van der Waals surface area contributed by atoms with Gasteiger partial charge in [0.1, 0.15) is 0 Å². The highest BCUT2D eigenvalue weighted by atomic mass is 15.1. The largest absolute Gasteiger partial charge is 0.159 e. The van der Waals surface area contributed by atoms with E-state index in [1.54, 1.807) is 12.3 Å². The second-order valence-electron chi connectivity index (χ2n) is 2.08. The first kappa shape index (κ1) is 11.6. The van der Waals surface area contributed by atoms with Crippen LogP contribution < -0.4 is 0 Å². The fourth-order valence-electron chi connectivity index (χ4n) is 0.831. The Morgan fingerprint density at radius 1 is 1.38 bits per heavy atom. The molecule has 2 nitrogen and oxygen atoms in total. The molecule has 0 aliphatic carbocycles. The summed E-state index contributed by atoms with van der Waals surface area (Å²) in [5.74, 6) is 0. The molecular formula is C11H16N2. The molecule has 0 unspecified atom stereocenters. The molecule has 0 spiro atoms. The van der Waals surface area contributed by atoms with Gasteiger partial charge >= 0.3 is 0 Å². The molecule has 2 heteroatoms. The van der Waals surface area contributed by atoms with Crippen LogP contribution >= 0.6 is 0 Å². The maximum absolute atomic E-state index is 3.90. The van der Waals surface area contributed by atoms with E-state index in [0.29, 0.717) is 0 Å². The Bertz CT molecular complexity index is 277. The molecule has 0 fully saturated rings. The molecule has 0 saturated heterocycles. The van der Waals surface area contributed by atoms with E-state index < -0.39 is 0 Å². The van der Waals surface area contributed by atoms with Crippen molar-refractivity contribution in [2.45, 2.75) is 20.8 Å². The Kier molecular flexibility index (Phi) is 6.42. The minimum absolute atomic E-state index is 0.825. The second kappa shape index (κ2) is 7.22. The van der Waals surface area contributed by atoms with Crippen LogP contribution in [0.4, 0.5) is 0 Å². The Labute approximate surface area is 80.0 Å². The molecule has 0 amide bonds. The fourth-order valence-corrected chi connectivity index (χ4v) is 0.831. The molecule has 1 aromatic rings. The third kappa shape index (κ3) is 3.65. The summed E-state index contributed by atoms with van der Waals surface area (Å²) in [4.78, 5) is 0. The zero-order valence-corrected chi connectivity index (χ0v) is 8.49. The van der Waals surface area contributed by atoms with Gasteiger partial charge in [-0.2, -0.15) is 10.2 Å². The van der Waals surface area contributed by atoms with Crippen molar-refractivity contribution in [2.75, 3.05) is 0 Å². The van der Waals surface area contributed by atoms with E-state index in [1.807, 2.05) is 39.0 Å². The number of hydrogen-bond donors (Lipinski definition) is 0. The summed E-state index contributed by atoms with van der Waals surface area (Å²) in [5.41, 5.74) is 1.88. The molecule has 0 radical (unpaired) electrons. The number of nitrogens with zero attached hydrogens (tertiary/aromatic N) is 2. The predicted octanol–water partition coefficient (Wildman–Crippen LogP) is 3.18. The topological polar surface area (TPSA) is 25.8 Å². The van der Waals surface area contributed by atoms with Gasteiger partial charge in [0.15, 0.2) is 0 Å². The van der Waals surface area contributed by atoms with Crippen molar-refractivity contribution in [2.24, 2.45) is 0 Å². The smallest absolute Gasteiger partial charge is 0.0923 e. The van der Waals surface area contributed by atoms with Crippen molar-refractivity contribution in [3.63, 3.8) is 0 Å². The van der Waals surface area contributed by atoms with Crippen LogP contribution in [0.3, 0.4) is 0 Å². The number of allylic oxidation sites excluding steroid dienone is 1. The van der Waals surface area contributed by atoms with Crippen LogP contribution in [0.1, 0.15) is 32.0 Å². The summed E-state index contributed by atoms with van der Waals surface area (Å²) in [5, 5.41) is 7.64. The molecule has 0 atom stereocenters. The molecule has 1 rings (SSSR count). The standard InChI is InChI=1S/C9H10N2.C2H6/c1-3-5-8-6-7-10-11-9(8)4-2;1-2/h3-7H,2H2,1H3;1-2H3/b5-3-;. The lowest BCUT2D eigenvalue weighted by molar-refractivity contribution is 1.01. The average Bonchev–Trinajstić information content (AvgIpc) is 2.22. The highest BCUT2D eigenvalue weighted by molar-refractivity contribution is 5.60. The van der Waals surface area contributed by atoms with Crippen LogP contribution in [-0.4, -0.2) is 10.2 Å². The number of hydrogen-bond acceptors (Lipinski definition) is 2. The molecule has 0 aromatic carbocycles. The van der Waals surface area contributed by atoms with E-state index in [0.717, 1.165) is 11.3 Å². The normalized spacial score (nSPS) is 9.15. The van der Waals surface area contributed by atoms with Gasteiger partial charge < -0.3 is 0 Å². The predicted molar refractivity (Wildman–Crippen MR) is 58.2 cm³/mol. The first-order valence-corrected chi connectivity index (χ1v) is 4.45. The van der Waals surface area contributed by atoms with Gasteiger partial charge in [0.2, 0.25) is 0 Å². The summed E-state index contributed by atoms with van der Waals surface area (Å²) in [6.07, 6.45) is 7.31. The van der Waals surface area contributed by atoms with E-state index in [-0.39, 0.29) is 0 Å². The van der Waals surface area contributed by atoms with Crippen LogP contribution in [0.5, 0.6) is 0 Å². The van der Waals surface area contributed by atoms with Crippen molar-refractivity contribution < 1.29 is 0 Å². The van der Waals surface area contributed by atoms with Crippen molar-refractivity contribution >= 4 is 12.2 Å². The van der Waals surface area contributed by atoms with Crippen molar-refractivity contribution in [1.29, 1.82) is 0 Å². The van der Waals surface area contributed by atoms with E-state index in [9.17, 15) is 0 Å². The van der Waals surface area contributed by atoms with E-state index in [1.165, 1.54) is 0 Å². The summed E-state index contributed by atoms with van der Waals surface area (Å²) in [7, 11) is 0. The Hall–Kier alpha value is -1.44. The Morgan fingerprint density at radius 3 is 2.62 bits per heavy atom. The summed E-state index contributed by atoms with van der Waals surface area (Å²) >= 11 is 0. The fraction of sp³-hybridized carbons (Fsp3) is 0.273. The van der Waals surface area contributed by atoms with Crippen LogP contribution in [0.15, 0.2) is 24.9 Å². The van der Waals surface area contributed by atoms with Gasteiger partial charge in [0, 0.05) is 5.56 Å². The SMILES string of the molecule is C=Cc1nnccc1/C=C\C.CC. The molecule has 0 aliphatic rings. The molecule has 13 heavy (non-hydrogen) atoms. The van der Waals surface area contributed by atoms with Gasteiger partial charge in [-0.3, -0.25) is 0 Å². The van der Waals surface area contributed by atoms with Gasteiger partial charge in [-0.15, -0.1) is 0 Å². The van der Waals surface area contributed by atoms with Crippen molar-refractivity contribution in [3.8, 4) is 0 Å². The lowest BCUT2D eigenvalue weighted by Gasteiger charge is -1.95. The quantitative estimate of drug-likeness (QED) is 0.691. The van der Waals surface area contributed by atoms with E-state index in [2.05, 4.69) is 16.8 Å². The maximum Gasteiger partial charge on any atom is 0.0923 e. The molecule has 1 heterocycles. The van der Waals surface area contributed by atoms with Crippen LogP contribution in [0, 0.1) is 0 Å². The van der Waals surface area contributed by atoms with E-state index in [4.69, 9.17) is 0 Å². The van der Waals surface area contributed by atoms with Gasteiger partial charge in [0.25, 0.3) is 0 Å². The lowest BCUT2D eigenvalue weighted by Crippen LogP contribution is -1.87. The second-order valence-corrected chi connectivity index (χ2v) is 2.08. The Morgan fingerprint density at radius 2 is 2.08 bits per heavy atom. The molecule has 0 aliphatic heterocycles. The zero-order chi connectivity index (χ0) is 10.1. The Balaban J connectivity index is 0.000000671. The summed E-state index contributed by atoms with van der Waals surface area (Å²) in [6.45, 7) is 9.60. The van der Waals surface area contributed by atoms with Crippen LogP contribution in [0.25, 0.3) is 12.2 Å². The first-order valence-electron chi connectivity index (χ1n) is 4.45. The monoisotopic (exact) mass is 176 g/mol. The molecule has 0 N–H and O–H groups in total. The van der Waals surface area contributed by atoms with Gasteiger partial charge in [-0.05, 0) is 19.1 Å². The van der Waals surface area contributed by atoms with Crippen LogP contribution in [-0.2, 0) is 0 Å². The molecular weight excluding hydrogens is 160 g/mol. The van der Waals surface area contributed by atoms with Crippen molar-refractivity contribution in [1.82, 2.24) is 10.2 Å². The third-order valence-corrected chi connectivity index (χ3v) is 1.32. The minimum Gasteiger partial charge on any atom is -0.159 e. The summed E-state index contributed by atoms with van der Waals surface area (Å²) < 4.78 is 0. The summed E-state index contributed by atoms with van der Waals surface area (Å²) in [6, 6.07) is 1.91.